The lowest BCUT2D eigenvalue weighted by atomic mass is 9.95. The third-order valence-corrected chi connectivity index (χ3v) is 4.00. The Morgan fingerprint density at radius 1 is 0.688 bits per heavy atom. The lowest BCUT2D eigenvalue weighted by molar-refractivity contribution is 0.0634. The lowest BCUT2D eigenvalue weighted by Gasteiger charge is -2.30. The molecule has 2 aliphatic carbocycles. The second kappa shape index (κ2) is 6.58. The summed E-state index contributed by atoms with van der Waals surface area (Å²) < 4.78 is 0. The van der Waals surface area contributed by atoms with Gasteiger partial charge in [-0.2, -0.15) is 0 Å². The first-order valence-corrected chi connectivity index (χ1v) is 7.05. The van der Waals surface area contributed by atoms with E-state index in [0.717, 1.165) is 0 Å². The van der Waals surface area contributed by atoms with E-state index in [9.17, 15) is 5.11 Å². The van der Waals surface area contributed by atoms with E-state index < -0.39 is 6.35 Å². The van der Waals surface area contributed by atoms with Crippen molar-refractivity contribution in [2.75, 3.05) is 0 Å². The summed E-state index contributed by atoms with van der Waals surface area (Å²) in [6, 6.07) is 1.06. The molecule has 0 aromatic rings. The van der Waals surface area contributed by atoms with E-state index in [4.69, 9.17) is 0 Å². The van der Waals surface area contributed by atoms with Crippen LogP contribution in [0.1, 0.15) is 64.2 Å². The molecule has 0 unspecified atom stereocenters. The van der Waals surface area contributed by atoms with E-state index in [2.05, 4.69) is 10.6 Å². The maximum Gasteiger partial charge on any atom is 0.160 e. The van der Waals surface area contributed by atoms with Crippen molar-refractivity contribution in [1.29, 1.82) is 0 Å². The molecule has 16 heavy (non-hydrogen) atoms. The Labute approximate surface area is 99.0 Å². The SMILES string of the molecule is OC(NC1CCCCC1)NC1CCCCC1. The molecule has 0 heterocycles. The van der Waals surface area contributed by atoms with Gasteiger partial charge in [0.05, 0.1) is 0 Å². The summed E-state index contributed by atoms with van der Waals surface area (Å²) in [5, 5.41) is 16.6. The second-order valence-electron chi connectivity index (χ2n) is 5.41. The van der Waals surface area contributed by atoms with E-state index in [1.165, 1.54) is 64.2 Å². The fourth-order valence-corrected chi connectivity index (χ4v) is 3.03. The Morgan fingerprint density at radius 3 is 1.44 bits per heavy atom. The van der Waals surface area contributed by atoms with Crippen molar-refractivity contribution in [1.82, 2.24) is 10.6 Å². The van der Waals surface area contributed by atoms with Crippen molar-refractivity contribution in [3.8, 4) is 0 Å². The van der Waals surface area contributed by atoms with Gasteiger partial charge in [0.1, 0.15) is 0 Å². The predicted octanol–water partition coefficient (Wildman–Crippen LogP) is 2.11. The first-order chi connectivity index (χ1) is 7.84. The summed E-state index contributed by atoms with van der Waals surface area (Å²) in [6.07, 6.45) is 12.4. The molecule has 0 spiro atoms. The monoisotopic (exact) mass is 226 g/mol. The molecule has 0 atom stereocenters. The zero-order valence-electron chi connectivity index (χ0n) is 10.3. The molecule has 2 rings (SSSR count). The average molecular weight is 226 g/mol. The summed E-state index contributed by atoms with van der Waals surface area (Å²) in [6.45, 7) is 0. The quantitative estimate of drug-likeness (QED) is 0.643. The Kier molecular flexibility index (Phi) is 5.07. The number of aliphatic hydroxyl groups excluding tert-OH is 1. The molecule has 0 saturated heterocycles. The van der Waals surface area contributed by atoms with Crippen molar-refractivity contribution in [2.24, 2.45) is 0 Å². The summed E-state index contributed by atoms with van der Waals surface area (Å²) in [5.41, 5.74) is 0. The Bertz CT molecular complexity index is 166. The van der Waals surface area contributed by atoms with Crippen LogP contribution in [0.5, 0.6) is 0 Å². The summed E-state index contributed by atoms with van der Waals surface area (Å²) >= 11 is 0. The fraction of sp³-hybridized carbons (Fsp3) is 1.00. The molecular weight excluding hydrogens is 200 g/mol. The topological polar surface area (TPSA) is 44.3 Å². The highest BCUT2D eigenvalue weighted by molar-refractivity contribution is 4.76. The molecular formula is C13H26N2O. The Hall–Kier alpha value is -0.120. The number of rotatable bonds is 4. The zero-order valence-corrected chi connectivity index (χ0v) is 10.3. The van der Waals surface area contributed by atoms with Crippen molar-refractivity contribution in [2.45, 2.75) is 82.6 Å². The van der Waals surface area contributed by atoms with Gasteiger partial charge in [-0.15, -0.1) is 0 Å². The van der Waals surface area contributed by atoms with E-state index in [1.54, 1.807) is 0 Å². The second-order valence-corrected chi connectivity index (χ2v) is 5.41. The van der Waals surface area contributed by atoms with Crippen molar-refractivity contribution in [3.05, 3.63) is 0 Å². The normalized spacial score (nSPS) is 25.1. The summed E-state index contributed by atoms with van der Waals surface area (Å²) in [7, 11) is 0. The molecule has 0 aromatic carbocycles. The molecule has 0 radical (unpaired) electrons. The fourth-order valence-electron chi connectivity index (χ4n) is 3.03. The molecule has 2 saturated carbocycles. The first kappa shape index (κ1) is 12.3. The van der Waals surface area contributed by atoms with Gasteiger partial charge in [0.15, 0.2) is 6.35 Å². The predicted molar refractivity (Wildman–Crippen MR) is 66.0 cm³/mol. The highest BCUT2D eigenvalue weighted by atomic mass is 16.3. The van der Waals surface area contributed by atoms with Crippen molar-refractivity contribution in [3.63, 3.8) is 0 Å². The van der Waals surface area contributed by atoms with Gasteiger partial charge < -0.3 is 5.11 Å². The Morgan fingerprint density at radius 2 is 1.06 bits per heavy atom. The Balaban J connectivity index is 1.64. The average Bonchev–Trinajstić information content (AvgIpc) is 2.31. The third kappa shape index (κ3) is 4.04. The van der Waals surface area contributed by atoms with Crippen LogP contribution < -0.4 is 10.6 Å². The lowest BCUT2D eigenvalue weighted by Crippen LogP contribution is -2.51. The summed E-state index contributed by atoms with van der Waals surface area (Å²) in [4.78, 5) is 0. The zero-order chi connectivity index (χ0) is 11.2. The molecule has 2 fully saturated rings. The molecule has 3 heteroatoms. The smallest absolute Gasteiger partial charge is 0.160 e. The van der Waals surface area contributed by atoms with Crippen LogP contribution in [0.4, 0.5) is 0 Å². The molecule has 3 nitrogen and oxygen atoms in total. The molecule has 0 amide bonds. The first-order valence-electron chi connectivity index (χ1n) is 7.05. The minimum absolute atomic E-state index is 0.494. The number of aliphatic hydroxyl groups is 1. The molecule has 94 valence electrons. The highest BCUT2D eigenvalue weighted by Gasteiger charge is 2.19. The van der Waals surface area contributed by atoms with E-state index in [0.29, 0.717) is 12.1 Å². The van der Waals surface area contributed by atoms with Crippen LogP contribution in [0.2, 0.25) is 0 Å². The third-order valence-electron chi connectivity index (χ3n) is 4.00. The van der Waals surface area contributed by atoms with Crippen LogP contribution >= 0.6 is 0 Å². The maximum absolute atomic E-state index is 9.93. The van der Waals surface area contributed by atoms with Gasteiger partial charge in [-0.1, -0.05) is 38.5 Å². The van der Waals surface area contributed by atoms with Crippen molar-refractivity contribution < 1.29 is 5.11 Å². The van der Waals surface area contributed by atoms with E-state index in [-0.39, 0.29) is 0 Å². The van der Waals surface area contributed by atoms with Gasteiger partial charge in [0, 0.05) is 12.1 Å². The van der Waals surface area contributed by atoms with Gasteiger partial charge >= 0.3 is 0 Å². The van der Waals surface area contributed by atoms with Gasteiger partial charge in [0.25, 0.3) is 0 Å². The van der Waals surface area contributed by atoms with Gasteiger partial charge in [-0.3, -0.25) is 10.6 Å². The minimum atomic E-state index is -0.494. The number of nitrogens with one attached hydrogen (secondary N) is 2. The molecule has 2 aliphatic rings. The van der Waals surface area contributed by atoms with Gasteiger partial charge in [-0.05, 0) is 25.7 Å². The van der Waals surface area contributed by atoms with E-state index >= 15 is 0 Å². The summed E-state index contributed by atoms with van der Waals surface area (Å²) in [5.74, 6) is 0. The van der Waals surface area contributed by atoms with Gasteiger partial charge in [-0.25, -0.2) is 0 Å². The molecule has 0 bridgehead atoms. The largest absolute Gasteiger partial charge is 0.365 e. The number of hydrogen-bond acceptors (Lipinski definition) is 3. The minimum Gasteiger partial charge on any atom is -0.365 e. The number of hydrogen-bond donors (Lipinski definition) is 3. The molecule has 0 aromatic heterocycles. The van der Waals surface area contributed by atoms with Crippen LogP contribution in [0.25, 0.3) is 0 Å². The van der Waals surface area contributed by atoms with Crippen LogP contribution in [0, 0.1) is 0 Å². The molecule has 3 N–H and O–H groups in total. The maximum atomic E-state index is 9.93. The van der Waals surface area contributed by atoms with Crippen LogP contribution in [-0.4, -0.2) is 23.5 Å². The van der Waals surface area contributed by atoms with Crippen LogP contribution in [0.15, 0.2) is 0 Å². The van der Waals surface area contributed by atoms with Crippen LogP contribution in [0.3, 0.4) is 0 Å². The molecule has 0 aliphatic heterocycles. The highest BCUT2D eigenvalue weighted by Crippen LogP contribution is 2.19. The van der Waals surface area contributed by atoms with Gasteiger partial charge in [0.2, 0.25) is 0 Å². The standard InChI is InChI=1S/C13H26N2O/c16-13(14-11-7-3-1-4-8-11)15-12-9-5-2-6-10-12/h11-16H,1-10H2. The van der Waals surface area contributed by atoms with E-state index in [1.807, 2.05) is 0 Å². The van der Waals surface area contributed by atoms with Crippen LogP contribution in [-0.2, 0) is 0 Å². The van der Waals surface area contributed by atoms with Crippen molar-refractivity contribution >= 4 is 0 Å².